The number of hydrogen-bond donors (Lipinski definition) is 1. The van der Waals surface area contributed by atoms with Gasteiger partial charge in [-0.15, -0.1) is 0 Å². The molecule has 0 atom stereocenters. The van der Waals surface area contributed by atoms with Crippen molar-refractivity contribution in [3.8, 4) is 0 Å². The van der Waals surface area contributed by atoms with Gasteiger partial charge in [0.25, 0.3) is 5.91 Å². The van der Waals surface area contributed by atoms with Crippen molar-refractivity contribution in [2.75, 3.05) is 11.9 Å². The van der Waals surface area contributed by atoms with Gasteiger partial charge in [0.15, 0.2) is 0 Å². The number of carbonyl (C=O) groups is 2. The maximum absolute atomic E-state index is 12.5. The van der Waals surface area contributed by atoms with Crippen LogP contribution in [-0.2, 0) is 11.3 Å². The van der Waals surface area contributed by atoms with E-state index in [1.165, 1.54) is 0 Å². The Morgan fingerprint density at radius 1 is 1.12 bits per heavy atom. The minimum absolute atomic E-state index is 0.0768. The van der Waals surface area contributed by atoms with Gasteiger partial charge in [-0.1, -0.05) is 35.9 Å². The van der Waals surface area contributed by atoms with Crippen molar-refractivity contribution in [3.63, 3.8) is 0 Å². The van der Waals surface area contributed by atoms with Crippen LogP contribution in [0, 0.1) is 5.92 Å². The Labute approximate surface area is 146 Å². The molecule has 5 heteroatoms. The van der Waals surface area contributed by atoms with Crippen molar-refractivity contribution in [2.45, 2.75) is 19.4 Å². The van der Waals surface area contributed by atoms with Gasteiger partial charge in [-0.25, -0.2) is 0 Å². The summed E-state index contributed by atoms with van der Waals surface area (Å²) in [6.45, 7) is 0.407. The van der Waals surface area contributed by atoms with Gasteiger partial charge in [0, 0.05) is 24.5 Å². The first-order chi connectivity index (χ1) is 11.6. The third-order valence-electron chi connectivity index (χ3n) is 4.13. The van der Waals surface area contributed by atoms with Gasteiger partial charge in [-0.2, -0.15) is 0 Å². The molecule has 0 bridgehead atoms. The predicted octanol–water partition coefficient (Wildman–Crippen LogP) is 3.64. The molecule has 24 heavy (non-hydrogen) atoms. The Balaban J connectivity index is 1.72. The van der Waals surface area contributed by atoms with Crippen LogP contribution in [0.4, 0.5) is 5.69 Å². The first-order valence-electron chi connectivity index (χ1n) is 7.95. The molecular formula is C19H19ClN2O2. The van der Waals surface area contributed by atoms with E-state index in [9.17, 15) is 9.59 Å². The number of carbonyl (C=O) groups excluding carboxylic acids is 2. The van der Waals surface area contributed by atoms with Gasteiger partial charge in [0.05, 0.1) is 11.3 Å². The Bertz CT molecular complexity index is 754. The highest BCUT2D eigenvalue weighted by Crippen LogP contribution is 2.33. The van der Waals surface area contributed by atoms with Crippen molar-refractivity contribution in [1.82, 2.24) is 5.32 Å². The molecule has 0 saturated heterocycles. The summed E-state index contributed by atoms with van der Waals surface area (Å²) >= 11 is 5.86. The smallest absolute Gasteiger partial charge is 0.253 e. The summed E-state index contributed by atoms with van der Waals surface area (Å²) in [4.78, 5) is 26.4. The summed E-state index contributed by atoms with van der Waals surface area (Å²) in [6.07, 6.45) is 1.88. The highest BCUT2D eigenvalue weighted by atomic mass is 35.5. The maximum atomic E-state index is 12.5. The Morgan fingerprint density at radius 2 is 1.79 bits per heavy atom. The van der Waals surface area contributed by atoms with Gasteiger partial charge in [-0.05, 0) is 42.7 Å². The summed E-state index contributed by atoms with van der Waals surface area (Å²) in [5.74, 6) is -0.0101. The summed E-state index contributed by atoms with van der Waals surface area (Å²) in [5.41, 5.74) is 2.11. The van der Waals surface area contributed by atoms with Crippen LogP contribution in [0.3, 0.4) is 0 Å². The fourth-order valence-electron chi connectivity index (χ4n) is 2.56. The molecule has 1 aliphatic carbocycles. The molecule has 2 aromatic carbocycles. The zero-order valence-electron chi connectivity index (χ0n) is 13.5. The molecule has 1 N–H and O–H groups in total. The Morgan fingerprint density at radius 3 is 2.46 bits per heavy atom. The van der Waals surface area contributed by atoms with E-state index in [4.69, 9.17) is 11.6 Å². The van der Waals surface area contributed by atoms with Crippen molar-refractivity contribution in [3.05, 3.63) is 64.7 Å². The van der Waals surface area contributed by atoms with E-state index in [0.29, 0.717) is 22.8 Å². The van der Waals surface area contributed by atoms with Crippen molar-refractivity contribution >= 4 is 29.1 Å². The van der Waals surface area contributed by atoms with Gasteiger partial charge in [-0.3, -0.25) is 9.59 Å². The lowest BCUT2D eigenvalue weighted by molar-refractivity contribution is -0.119. The molecule has 4 nitrogen and oxygen atoms in total. The number of nitrogens with one attached hydrogen (secondary N) is 1. The number of halogens is 1. The van der Waals surface area contributed by atoms with E-state index in [1.807, 2.05) is 18.2 Å². The zero-order chi connectivity index (χ0) is 17.1. The van der Waals surface area contributed by atoms with Gasteiger partial charge >= 0.3 is 0 Å². The lowest BCUT2D eigenvalue weighted by Crippen LogP contribution is -2.31. The van der Waals surface area contributed by atoms with Crippen molar-refractivity contribution in [1.29, 1.82) is 0 Å². The monoisotopic (exact) mass is 342 g/mol. The van der Waals surface area contributed by atoms with Crippen molar-refractivity contribution in [2.24, 2.45) is 5.92 Å². The predicted molar refractivity (Wildman–Crippen MR) is 95.2 cm³/mol. The highest BCUT2D eigenvalue weighted by Gasteiger charge is 2.33. The van der Waals surface area contributed by atoms with Crippen LogP contribution >= 0.6 is 11.6 Å². The Kier molecular flexibility index (Phi) is 4.86. The summed E-state index contributed by atoms with van der Waals surface area (Å²) in [7, 11) is 1.73. The number of rotatable bonds is 5. The molecule has 124 valence electrons. The third-order valence-corrected chi connectivity index (χ3v) is 4.39. The molecule has 2 aromatic rings. The third kappa shape index (κ3) is 3.77. The minimum Gasteiger partial charge on any atom is -0.348 e. The standard InChI is InChI=1S/C19H19ClN2O2/c1-22(19(24)14-8-9-14)17-5-3-2-4-16(17)18(23)21-12-13-6-10-15(20)11-7-13/h2-7,10-11,14H,8-9,12H2,1H3,(H,21,23). The summed E-state index contributed by atoms with van der Waals surface area (Å²) in [6, 6.07) is 14.5. The normalized spacial score (nSPS) is 13.4. The Hall–Kier alpha value is -2.33. The number of anilines is 1. The summed E-state index contributed by atoms with van der Waals surface area (Å²) < 4.78 is 0. The van der Waals surface area contributed by atoms with Crippen LogP contribution in [0.1, 0.15) is 28.8 Å². The molecule has 0 unspecified atom stereocenters. The molecule has 2 amide bonds. The largest absolute Gasteiger partial charge is 0.348 e. The van der Waals surface area contributed by atoms with Crippen LogP contribution in [-0.4, -0.2) is 18.9 Å². The summed E-state index contributed by atoms with van der Waals surface area (Å²) in [5, 5.41) is 3.56. The minimum atomic E-state index is -0.198. The van der Waals surface area contributed by atoms with Crippen LogP contribution in [0.5, 0.6) is 0 Å². The maximum Gasteiger partial charge on any atom is 0.253 e. The number of hydrogen-bond acceptors (Lipinski definition) is 2. The van der Waals surface area contributed by atoms with Crippen LogP contribution in [0.2, 0.25) is 5.02 Å². The van der Waals surface area contributed by atoms with Crippen LogP contribution in [0.25, 0.3) is 0 Å². The molecule has 1 aliphatic rings. The molecule has 3 rings (SSSR count). The average molecular weight is 343 g/mol. The molecular weight excluding hydrogens is 324 g/mol. The quantitative estimate of drug-likeness (QED) is 0.901. The van der Waals surface area contributed by atoms with Gasteiger partial charge < -0.3 is 10.2 Å². The second-order valence-electron chi connectivity index (χ2n) is 6.00. The van der Waals surface area contributed by atoms with E-state index in [-0.39, 0.29) is 17.7 Å². The van der Waals surface area contributed by atoms with Gasteiger partial charge in [0.1, 0.15) is 0 Å². The lowest BCUT2D eigenvalue weighted by Gasteiger charge is -2.20. The zero-order valence-corrected chi connectivity index (χ0v) is 14.2. The van der Waals surface area contributed by atoms with E-state index in [1.54, 1.807) is 42.3 Å². The van der Waals surface area contributed by atoms with E-state index in [0.717, 1.165) is 18.4 Å². The van der Waals surface area contributed by atoms with E-state index < -0.39 is 0 Å². The highest BCUT2D eigenvalue weighted by molar-refractivity contribution is 6.30. The molecule has 1 fully saturated rings. The first kappa shape index (κ1) is 16.5. The van der Waals surface area contributed by atoms with Crippen molar-refractivity contribution < 1.29 is 9.59 Å². The average Bonchev–Trinajstić information content (AvgIpc) is 3.45. The number of amides is 2. The lowest BCUT2D eigenvalue weighted by atomic mass is 10.1. The van der Waals surface area contributed by atoms with E-state index in [2.05, 4.69) is 5.32 Å². The van der Waals surface area contributed by atoms with Gasteiger partial charge in [0.2, 0.25) is 5.91 Å². The molecule has 0 spiro atoms. The SMILES string of the molecule is CN(C(=O)C1CC1)c1ccccc1C(=O)NCc1ccc(Cl)cc1. The first-order valence-corrected chi connectivity index (χ1v) is 8.33. The fraction of sp³-hybridized carbons (Fsp3) is 0.263. The molecule has 0 radical (unpaired) electrons. The molecule has 1 saturated carbocycles. The van der Waals surface area contributed by atoms with Crippen LogP contribution < -0.4 is 10.2 Å². The number of benzene rings is 2. The number of para-hydroxylation sites is 1. The molecule has 0 aliphatic heterocycles. The number of nitrogens with zero attached hydrogens (tertiary/aromatic N) is 1. The fourth-order valence-corrected chi connectivity index (χ4v) is 2.69. The second-order valence-corrected chi connectivity index (χ2v) is 6.43. The van der Waals surface area contributed by atoms with Crippen LogP contribution in [0.15, 0.2) is 48.5 Å². The second kappa shape index (κ2) is 7.05. The topological polar surface area (TPSA) is 49.4 Å². The molecule has 0 heterocycles. The molecule has 0 aromatic heterocycles. The van der Waals surface area contributed by atoms with E-state index >= 15 is 0 Å².